The number of nitrogens with one attached hydrogen (secondary N) is 1. The van der Waals surface area contributed by atoms with Crippen molar-refractivity contribution in [2.24, 2.45) is 5.92 Å². The molecule has 3 rings (SSSR count). The molecule has 0 radical (unpaired) electrons. The number of hydrogen-bond acceptors (Lipinski definition) is 4. The summed E-state index contributed by atoms with van der Waals surface area (Å²) in [5.41, 5.74) is 3.02. The standard InChI is InChI=1S/C23H28N2O4/c1-5-25-21(26)13-18(22(25)17-9-7-6-8-15(17)2)23(27)24-14-16-10-11-19(28-3)20(12-16)29-4/h6-12,18,22H,5,13-14H2,1-4H3,(H,24,27)/t18-,22+/m1/s1. The summed E-state index contributed by atoms with van der Waals surface area (Å²) in [6.07, 6.45) is 0.227. The zero-order chi connectivity index (χ0) is 21.0. The molecule has 6 heteroatoms. The second kappa shape index (κ2) is 8.99. The lowest BCUT2D eigenvalue weighted by atomic mass is 9.90. The van der Waals surface area contributed by atoms with Gasteiger partial charge in [0.25, 0.3) is 0 Å². The summed E-state index contributed by atoms with van der Waals surface area (Å²) in [4.78, 5) is 27.4. The third-order valence-electron chi connectivity index (χ3n) is 5.53. The molecule has 0 saturated carbocycles. The van der Waals surface area contributed by atoms with Crippen LogP contribution in [0.5, 0.6) is 11.5 Å². The van der Waals surface area contributed by atoms with Gasteiger partial charge in [0.05, 0.1) is 26.2 Å². The normalized spacial score (nSPS) is 18.6. The average molecular weight is 396 g/mol. The first-order chi connectivity index (χ1) is 14.0. The number of rotatable bonds is 7. The van der Waals surface area contributed by atoms with E-state index in [-0.39, 0.29) is 24.3 Å². The van der Waals surface area contributed by atoms with Crippen molar-refractivity contribution in [1.82, 2.24) is 10.2 Å². The minimum absolute atomic E-state index is 0.0204. The number of hydrogen-bond donors (Lipinski definition) is 1. The molecule has 1 aliphatic rings. The van der Waals surface area contributed by atoms with Gasteiger partial charge >= 0.3 is 0 Å². The van der Waals surface area contributed by atoms with Gasteiger partial charge in [0.2, 0.25) is 11.8 Å². The number of benzene rings is 2. The Labute approximate surface area is 171 Å². The van der Waals surface area contributed by atoms with E-state index >= 15 is 0 Å². The largest absolute Gasteiger partial charge is 0.493 e. The molecule has 1 fully saturated rings. The van der Waals surface area contributed by atoms with Crippen molar-refractivity contribution in [1.29, 1.82) is 0 Å². The van der Waals surface area contributed by atoms with Gasteiger partial charge in [-0.05, 0) is 42.7 Å². The Balaban J connectivity index is 1.78. The molecule has 1 N–H and O–H groups in total. The maximum Gasteiger partial charge on any atom is 0.226 e. The van der Waals surface area contributed by atoms with Gasteiger partial charge in [-0.2, -0.15) is 0 Å². The Bertz CT molecular complexity index is 896. The fraction of sp³-hybridized carbons (Fsp3) is 0.391. The molecule has 1 saturated heterocycles. The summed E-state index contributed by atoms with van der Waals surface area (Å²) in [7, 11) is 3.16. The number of nitrogens with zero attached hydrogens (tertiary/aromatic N) is 1. The summed E-state index contributed by atoms with van der Waals surface area (Å²) in [6.45, 7) is 4.91. The summed E-state index contributed by atoms with van der Waals surface area (Å²) in [5, 5.41) is 3.00. The molecule has 2 amide bonds. The topological polar surface area (TPSA) is 67.9 Å². The van der Waals surface area contributed by atoms with Gasteiger partial charge in [-0.15, -0.1) is 0 Å². The van der Waals surface area contributed by atoms with E-state index in [1.54, 1.807) is 14.2 Å². The highest BCUT2D eigenvalue weighted by Crippen LogP contribution is 2.39. The molecule has 0 aliphatic carbocycles. The maximum absolute atomic E-state index is 13.1. The van der Waals surface area contributed by atoms with Gasteiger partial charge in [0.15, 0.2) is 11.5 Å². The SMILES string of the molecule is CCN1C(=O)C[C@@H](C(=O)NCc2ccc(OC)c(OC)c2)[C@@H]1c1ccccc1C. The van der Waals surface area contributed by atoms with Gasteiger partial charge in [-0.25, -0.2) is 0 Å². The van der Waals surface area contributed by atoms with E-state index in [0.717, 1.165) is 16.7 Å². The fourth-order valence-corrected chi connectivity index (χ4v) is 4.01. The van der Waals surface area contributed by atoms with Crippen molar-refractivity contribution in [2.45, 2.75) is 32.9 Å². The molecule has 0 bridgehead atoms. The average Bonchev–Trinajstić information content (AvgIpc) is 3.08. The predicted octanol–water partition coefficient (Wildman–Crippen LogP) is 3.24. The molecule has 6 nitrogen and oxygen atoms in total. The quantitative estimate of drug-likeness (QED) is 0.780. The van der Waals surface area contributed by atoms with Gasteiger partial charge < -0.3 is 19.7 Å². The molecule has 0 aromatic heterocycles. The summed E-state index contributed by atoms with van der Waals surface area (Å²) in [6, 6.07) is 13.3. The number of methoxy groups -OCH3 is 2. The number of carbonyl (C=O) groups excluding carboxylic acids is 2. The van der Waals surface area contributed by atoms with Crippen LogP contribution in [-0.4, -0.2) is 37.5 Å². The molecule has 154 valence electrons. The predicted molar refractivity (Wildman–Crippen MR) is 111 cm³/mol. The molecular formula is C23H28N2O4. The third-order valence-corrected chi connectivity index (χ3v) is 5.53. The molecule has 29 heavy (non-hydrogen) atoms. The van der Waals surface area contributed by atoms with Crippen molar-refractivity contribution in [3.8, 4) is 11.5 Å². The Kier molecular flexibility index (Phi) is 6.42. The molecule has 1 heterocycles. The van der Waals surface area contributed by atoms with Gasteiger partial charge in [0.1, 0.15) is 0 Å². The molecule has 0 spiro atoms. The van der Waals surface area contributed by atoms with Crippen molar-refractivity contribution in [2.75, 3.05) is 20.8 Å². The van der Waals surface area contributed by atoms with Gasteiger partial charge in [-0.3, -0.25) is 9.59 Å². The van der Waals surface area contributed by atoms with Crippen molar-refractivity contribution < 1.29 is 19.1 Å². The lowest BCUT2D eigenvalue weighted by Gasteiger charge is -2.28. The summed E-state index contributed by atoms with van der Waals surface area (Å²) in [5.74, 6) is 0.750. The minimum atomic E-state index is -0.413. The Morgan fingerprint density at radius 3 is 2.52 bits per heavy atom. The monoisotopic (exact) mass is 396 g/mol. The second-order valence-electron chi connectivity index (χ2n) is 7.20. The minimum Gasteiger partial charge on any atom is -0.493 e. The Morgan fingerprint density at radius 1 is 1.14 bits per heavy atom. The number of aryl methyl sites for hydroxylation is 1. The molecule has 1 aliphatic heterocycles. The van der Waals surface area contributed by atoms with Crippen LogP contribution in [0.15, 0.2) is 42.5 Å². The van der Waals surface area contributed by atoms with Gasteiger partial charge in [-0.1, -0.05) is 30.3 Å². The van der Waals surface area contributed by atoms with Crippen molar-refractivity contribution in [3.05, 3.63) is 59.2 Å². The highest BCUT2D eigenvalue weighted by Gasteiger charge is 2.44. The van der Waals surface area contributed by atoms with Crippen LogP contribution >= 0.6 is 0 Å². The third kappa shape index (κ3) is 4.21. The van der Waals surface area contributed by atoms with E-state index in [1.807, 2.05) is 61.2 Å². The lowest BCUT2D eigenvalue weighted by Crippen LogP contribution is -2.35. The van der Waals surface area contributed by atoms with E-state index in [4.69, 9.17) is 9.47 Å². The van der Waals surface area contributed by atoms with Gasteiger partial charge in [0, 0.05) is 19.5 Å². The molecule has 0 unspecified atom stereocenters. The molecule has 2 atom stereocenters. The van der Waals surface area contributed by atoms with Crippen LogP contribution in [0.1, 0.15) is 36.1 Å². The first-order valence-electron chi connectivity index (χ1n) is 9.83. The van der Waals surface area contributed by atoms with Crippen LogP contribution < -0.4 is 14.8 Å². The van der Waals surface area contributed by atoms with Crippen molar-refractivity contribution >= 4 is 11.8 Å². The number of amides is 2. The summed E-state index contributed by atoms with van der Waals surface area (Å²) < 4.78 is 10.6. The van der Waals surface area contributed by atoms with E-state index in [1.165, 1.54) is 0 Å². The Hall–Kier alpha value is -3.02. The fourth-order valence-electron chi connectivity index (χ4n) is 4.01. The highest BCUT2D eigenvalue weighted by atomic mass is 16.5. The smallest absolute Gasteiger partial charge is 0.226 e. The van der Waals surface area contributed by atoms with Crippen LogP contribution in [0.25, 0.3) is 0 Å². The lowest BCUT2D eigenvalue weighted by molar-refractivity contribution is -0.129. The number of carbonyl (C=O) groups is 2. The molecular weight excluding hydrogens is 368 g/mol. The second-order valence-corrected chi connectivity index (χ2v) is 7.20. The molecule has 2 aromatic carbocycles. The van der Waals surface area contributed by atoms with Crippen LogP contribution in [0.2, 0.25) is 0 Å². The van der Waals surface area contributed by atoms with Crippen LogP contribution in [-0.2, 0) is 16.1 Å². The first kappa shape index (κ1) is 20.7. The van der Waals surface area contributed by atoms with Crippen LogP contribution in [0.3, 0.4) is 0 Å². The molecule has 2 aromatic rings. The van der Waals surface area contributed by atoms with E-state index < -0.39 is 5.92 Å². The maximum atomic E-state index is 13.1. The van der Waals surface area contributed by atoms with Crippen LogP contribution in [0.4, 0.5) is 0 Å². The number of ether oxygens (including phenoxy) is 2. The Morgan fingerprint density at radius 2 is 1.86 bits per heavy atom. The first-order valence-corrected chi connectivity index (χ1v) is 9.83. The van der Waals surface area contributed by atoms with Crippen molar-refractivity contribution in [3.63, 3.8) is 0 Å². The van der Waals surface area contributed by atoms with Crippen LogP contribution in [0, 0.1) is 12.8 Å². The highest BCUT2D eigenvalue weighted by molar-refractivity contribution is 5.90. The van der Waals surface area contributed by atoms with E-state index in [9.17, 15) is 9.59 Å². The van der Waals surface area contributed by atoms with E-state index in [0.29, 0.717) is 24.6 Å². The van der Waals surface area contributed by atoms with E-state index in [2.05, 4.69) is 5.32 Å². The summed E-state index contributed by atoms with van der Waals surface area (Å²) >= 11 is 0. The zero-order valence-electron chi connectivity index (χ0n) is 17.4. The zero-order valence-corrected chi connectivity index (χ0v) is 17.4. The number of likely N-dealkylation sites (tertiary alicyclic amines) is 1.